The molecule has 2 aromatic carbocycles. The van der Waals surface area contributed by atoms with Crippen LogP contribution in [0, 0.1) is 6.92 Å². The van der Waals surface area contributed by atoms with E-state index >= 15 is 0 Å². The maximum atomic E-state index is 13.1. The van der Waals surface area contributed by atoms with E-state index in [0.717, 1.165) is 16.7 Å². The fourth-order valence-electron chi connectivity index (χ4n) is 2.83. The predicted molar refractivity (Wildman–Crippen MR) is 83.2 cm³/mol. The summed E-state index contributed by atoms with van der Waals surface area (Å²) in [6.45, 7) is 3.68. The lowest BCUT2D eigenvalue weighted by atomic mass is 9.87. The molecule has 1 heterocycles. The molecule has 0 bridgehead atoms. The third kappa shape index (κ3) is 2.47. The first kappa shape index (κ1) is 16.5. The minimum Gasteiger partial charge on any atom is -0.268 e. The quantitative estimate of drug-likeness (QED) is 0.820. The van der Waals surface area contributed by atoms with Gasteiger partial charge in [0.15, 0.2) is 0 Å². The number of carbonyl (C=O) groups is 1. The lowest BCUT2D eigenvalue weighted by Crippen LogP contribution is -2.62. The van der Waals surface area contributed by atoms with Crippen molar-refractivity contribution in [2.75, 3.05) is 5.06 Å². The molecule has 126 valence electrons. The molecule has 0 spiro atoms. The van der Waals surface area contributed by atoms with Crippen molar-refractivity contribution in [3.63, 3.8) is 0 Å². The third-order valence-electron chi connectivity index (χ3n) is 4.22. The van der Waals surface area contributed by atoms with E-state index in [1.54, 1.807) is 19.1 Å². The number of halogens is 3. The number of aryl methyl sites for hydroxylation is 1. The fraction of sp³-hybridized carbons (Fsp3) is 0.278. The Balaban J connectivity index is 1.96. The zero-order valence-corrected chi connectivity index (χ0v) is 13.2. The fourth-order valence-corrected chi connectivity index (χ4v) is 2.83. The molecule has 24 heavy (non-hydrogen) atoms. The molecule has 1 atom stereocenters. The monoisotopic (exact) mass is 335 g/mol. The van der Waals surface area contributed by atoms with Gasteiger partial charge in [0, 0.05) is 0 Å². The number of amides is 1. The van der Waals surface area contributed by atoms with E-state index < -0.39 is 23.2 Å². The summed E-state index contributed by atoms with van der Waals surface area (Å²) in [4.78, 5) is 18.3. The normalized spacial score (nSPS) is 20.9. The van der Waals surface area contributed by atoms with E-state index in [4.69, 9.17) is 4.84 Å². The third-order valence-corrected chi connectivity index (χ3v) is 4.22. The Kier molecular flexibility index (Phi) is 3.87. The lowest BCUT2D eigenvalue weighted by molar-refractivity contribution is -0.192. The molecule has 1 saturated heterocycles. The number of anilines is 1. The highest BCUT2D eigenvalue weighted by molar-refractivity contribution is 6.03. The summed E-state index contributed by atoms with van der Waals surface area (Å²) in [6, 6.07) is 12.1. The van der Waals surface area contributed by atoms with Crippen LogP contribution >= 0.6 is 0 Å². The molecule has 1 amide bonds. The molecule has 0 aromatic heterocycles. The molecular weight excluding hydrogens is 319 g/mol. The maximum Gasteiger partial charge on any atom is 0.418 e. The second kappa shape index (κ2) is 5.63. The predicted octanol–water partition coefficient (Wildman–Crippen LogP) is 4.60. The Labute approximate surface area is 137 Å². The lowest BCUT2D eigenvalue weighted by Gasteiger charge is -2.47. The van der Waals surface area contributed by atoms with Crippen molar-refractivity contribution < 1.29 is 22.8 Å². The van der Waals surface area contributed by atoms with Crippen LogP contribution in [0.3, 0.4) is 0 Å². The van der Waals surface area contributed by atoms with E-state index in [1.807, 2.05) is 19.1 Å². The smallest absolute Gasteiger partial charge is 0.268 e. The van der Waals surface area contributed by atoms with Crippen molar-refractivity contribution in [1.29, 1.82) is 0 Å². The molecular formula is C18H16F3NO2. The van der Waals surface area contributed by atoms with Crippen LogP contribution in [0.5, 0.6) is 0 Å². The molecule has 3 nitrogen and oxygen atoms in total. The molecule has 3 rings (SSSR count). The van der Waals surface area contributed by atoms with Crippen LogP contribution in [-0.2, 0) is 21.4 Å². The van der Waals surface area contributed by atoms with Gasteiger partial charge in [0.25, 0.3) is 5.91 Å². The van der Waals surface area contributed by atoms with Crippen molar-refractivity contribution in [3.8, 4) is 0 Å². The van der Waals surface area contributed by atoms with E-state index in [2.05, 4.69) is 0 Å². The van der Waals surface area contributed by atoms with Crippen molar-refractivity contribution >= 4 is 11.6 Å². The summed E-state index contributed by atoms with van der Waals surface area (Å²) >= 11 is 0. The van der Waals surface area contributed by atoms with Crippen molar-refractivity contribution in [3.05, 3.63) is 65.2 Å². The molecule has 0 radical (unpaired) electrons. The van der Waals surface area contributed by atoms with E-state index in [9.17, 15) is 18.0 Å². The average molecular weight is 335 g/mol. The number of nitrogens with zero attached hydrogens (tertiary/aromatic N) is 1. The standard InChI is InChI=1S/C18H16F3NO2/c1-3-17(13-10-8-12(2)9-11-13)16(23)22(24-17)15-7-5-4-6-14(15)18(19,20)21/h4-11H,3H2,1-2H3/t17-/m1/s1. The summed E-state index contributed by atoms with van der Waals surface area (Å²) in [5.41, 5.74) is -0.748. The van der Waals surface area contributed by atoms with Crippen LogP contribution in [-0.4, -0.2) is 5.91 Å². The average Bonchev–Trinajstić information content (AvgIpc) is 2.55. The summed E-state index contributed by atoms with van der Waals surface area (Å²) in [5, 5.41) is 0.742. The number of alkyl halides is 3. The van der Waals surface area contributed by atoms with Crippen LogP contribution < -0.4 is 5.06 Å². The van der Waals surface area contributed by atoms with E-state index in [-0.39, 0.29) is 5.69 Å². The van der Waals surface area contributed by atoms with Crippen LogP contribution in [0.2, 0.25) is 0 Å². The van der Waals surface area contributed by atoms with Gasteiger partial charge in [0.1, 0.15) is 0 Å². The van der Waals surface area contributed by atoms with Crippen molar-refractivity contribution in [1.82, 2.24) is 0 Å². The Morgan fingerprint density at radius 2 is 1.71 bits per heavy atom. The molecule has 2 aromatic rings. The van der Waals surface area contributed by atoms with Gasteiger partial charge < -0.3 is 0 Å². The highest BCUT2D eigenvalue weighted by Crippen LogP contribution is 2.46. The van der Waals surface area contributed by atoms with Gasteiger partial charge in [-0.15, -0.1) is 0 Å². The number of hydrogen-bond acceptors (Lipinski definition) is 2. The summed E-state index contributed by atoms with van der Waals surface area (Å²) in [7, 11) is 0. The van der Waals surface area contributed by atoms with Crippen molar-refractivity contribution in [2.45, 2.75) is 32.0 Å². The van der Waals surface area contributed by atoms with Gasteiger partial charge >= 0.3 is 6.18 Å². The first-order valence-electron chi connectivity index (χ1n) is 7.56. The SMILES string of the molecule is CC[C@]1(c2ccc(C)cc2)ON(c2ccccc2C(F)(F)F)C1=O. The molecule has 0 N–H and O–H groups in total. The first-order valence-corrected chi connectivity index (χ1v) is 7.56. The van der Waals surface area contributed by atoms with E-state index in [0.29, 0.717) is 12.0 Å². The Hall–Kier alpha value is -2.34. The number of carbonyl (C=O) groups excluding carboxylic acids is 1. The van der Waals surface area contributed by atoms with Gasteiger partial charge in [0.2, 0.25) is 5.60 Å². The molecule has 6 heteroatoms. The highest BCUT2D eigenvalue weighted by Gasteiger charge is 2.56. The zero-order valence-electron chi connectivity index (χ0n) is 13.2. The second-order valence-corrected chi connectivity index (χ2v) is 5.75. The Bertz CT molecular complexity index is 771. The van der Waals surface area contributed by atoms with Crippen molar-refractivity contribution in [2.24, 2.45) is 0 Å². The zero-order chi connectivity index (χ0) is 17.5. The van der Waals surface area contributed by atoms with Crippen LogP contribution in [0.25, 0.3) is 0 Å². The van der Waals surface area contributed by atoms with Gasteiger partial charge in [-0.2, -0.15) is 18.2 Å². The largest absolute Gasteiger partial charge is 0.418 e. The number of para-hydroxylation sites is 1. The summed E-state index contributed by atoms with van der Waals surface area (Å²) in [5.74, 6) is -0.495. The van der Waals surface area contributed by atoms with Gasteiger partial charge in [-0.1, -0.05) is 48.9 Å². The first-order chi connectivity index (χ1) is 11.3. The molecule has 0 unspecified atom stereocenters. The Morgan fingerprint density at radius 3 is 2.25 bits per heavy atom. The molecule has 1 aliphatic rings. The van der Waals surface area contributed by atoms with Gasteiger partial charge in [-0.3, -0.25) is 4.79 Å². The van der Waals surface area contributed by atoms with Gasteiger partial charge in [-0.25, -0.2) is 4.84 Å². The number of rotatable bonds is 3. The minimum absolute atomic E-state index is 0.286. The Morgan fingerprint density at radius 1 is 1.08 bits per heavy atom. The van der Waals surface area contributed by atoms with Crippen LogP contribution in [0.4, 0.5) is 18.9 Å². The highest BCUT2D eigenvalue weighted by atomic mass is 19.4. The number of benzene rings is 2. The molecule has 0 aliphatic carbocycles. The van der Waals surface area contributed by atoms with Gasteiger partial charge in [0.05, 0.1) is 11.3 Å². The molecule has 1 fully saturated rings. The summed E-state index contributed by atoms with van der Waals surface area (Å²) < 4.78 is 39.4. The topological polar surface area (TPSA) is 29.5 Å². The maximum absolute atomic E-state index is 13.1. The van der Waals surface area contributed by atoms with Gasteiger partial charge in [-0.05, 0) is 31.0 Å². The minimum atomic E-state index is -4.56. The molecule has 1 aliphatic heterocycles. The number of hydroxylamine groups is 1. The second-order valence-electron chi connectivity index (χ2n) is 5.75. The van der Waals surface area contributed by atoms with Crippen LogP contribution in [0.1, 0.15) is 30.0 Å². The molecule has 0 saturated carbocycles. The van der Waals surface area contributed by atoms with E-state index in [1.165, 1.54) is 18.2 Å². The number of hydrogen-bond donors (Lipinski definition) is 0. The van der Waals surface area contributed by atoms with Crippen LogP contribution in [0.15, 0.2) is 48.5 Å². The summed E-state index contributed by atoms with van der Waals surface area (Å²) in [6.07, 6.45) is -4.23.